The number of benzene rings is 1. The summed E-state index contributed by atoms with van der Waals surface area (Å²) in [6.45, 7) is 3.86. The van der Waals surface area contributed by atoms with E-state index in [0.29, 0.717) is 17.2 Å². The van der Waals surface area contributed by atoms with Crippen molar-refractivity contribution >= 4 is 22.8 Å². The zero-order chi connectivity index (χ0) is 14.3. The molecule has 3 aromatic rings. The highest BCUT2D eigenvalue weighted by atomic mass is 35.5. The second-order valence-electron chi connectivity index (χ2n) is 4.81. The van der Waals surface area contributed by atoms with Crippen LogP contribution in [0.2, 0.25) is 0 Å². The molecule has 0 radical (unpaired) electrons. The Morgan fingerprint density at radius 3 is 2.75 bits per heavy atom. The summed E-state index contributed by atoms with van der Waals surface area (Å²) < 4.78 is 15.8. The van der Waals surface area contributed by atoms with Gasteiger partial charge in [-0.3, -0.25) is 4.57 Å². The number of aryl methyl sites for hydroxylation is 2. The molecule has 0 aliphatic rings. The molecule has 0 unspecified atom stereocenters. The van der Waals surface area contributed by atoms with Crippen LogP contribution in [-0.2, 0) is 5.88 Å². The molecular weight excluding hydrogens is 277 g/mol. The first-order chi connectivity index (χ1) is 9.60. The summed E-state index contributed by atoms with van der Waals surface area (Å²) in [5.74, 6) is 0.468. The molecule has 20 heavy (non-hydrogen) atoms. The van der Waals surface area contributed by atoms with Crippen LogP contribution in [0.25, 0.3) is 16.9 Å². The molecule has 5 heteroatoms. The number of hydrogen-bond acceptors (Lipinski definition) is 2. The molecule has 0 atom stereocenters. The van der Waals surface area contributed by atoms with Gasteiger partial charge in [0.05, 0.1) is 11.6 Å². The average molecular weight is 290 g/mol. The van der Waals surface area contributed by atoms with Gasteiger partial charge in [-0.2, -0.15) is 0 Å². The van der Waals surface area contributed by atoms with Crippen molar-refractivity contribution in [3.63, 3.8) is 0 Å². The minimum atomic E-state index is -0.316. The number of fused-ring (bicyclic) bond motifs is 1. The lowest BCUT2D eigenvalue weighted by molar-refractivity contribution is 0.617. The summed E-state index contributed by atoms with van der Waals surface area (Å²) >= 11 is 5.95. The van der Waals surface area contributed by atoms with Crippen LogP contribution < -0.4 is 0 Å². The summed E-state index contributed by atoms with van der Waals surface area (Å²) in [6, 6.07) is 6.87. The van der Waals surface area contributed by atoms with Crippen molar-refractivity contribution < 1.29 is 4.39 Å². The number of nitrogens with zero attached hydrogens (tertiary/aromatic N) is 3. The van der Waals surface area contributed by atoms with Crippen molar-refractivity contribution in [3.05, 3.63) is 53.2 Å². The van der Waals surface area contributed by atoms with Gasteiger partial charge in [0, 0.05) is 6.20 Å². The predicted molar refractivity (Wildman–Crippen MR) is 77.9 cm³/mol. The molecule has 102 valence electrons. The summed E-state index contributed by atoms with van der Waals surface area (Å²) in [4.78, 5) is 8.81. The SMILES string of the molecule is Cc1ccc(F)c(-n2c(CCl)nc3cc(C)cnc32)c1. The van der Waals surface area contributed by atoms with Crippen LogP contribution in [0.15, 0.2) is 30.5 Å². The van der Waals surface area contributed by atoms with Crippen LogP contribution in [0.5, 0.6) is 0 Å². The highest BCUT2D eigenvalue weighted by Gasteiger charge is 2.16. The molecule has 0 spiro atoms. The van der Waals surface area contributed by atoms with Crippen molar-refractivity contribution in [2.75, 3.05) is 0 Å². The third-order valence-corrected chi connectivity index (χ3v) is 3.40. The zero-order valence-corrected chi connectivity index (χ0v) is 11.9. The van der Waals surface area contributed by atoms with Gasteiger partial charge in [-0.05, 0) is 43.2 Å². The van der Waals surface area contributed by atoms with Crippen molar-refractivity contribution in [2.45, 2.75) is 19.7 Å². The molecular formula is C15H13ClFN3. The Morgan fingerprint density at radius 1 is 1.20 bits per heavy atom. The van der Waals surface area contributed by atoms with E-state index in [9.17, 15) is 4.39 Å². The van der Waals surface area contributed by atoms with Gasteiger partial charge in [0.2, 0.25) is 0 Å². The number of hydrogen-bond donors (Lipinski definition) is 0. The molecule has 1 aromatic carbocycles. The van der Waals surface area contributed by atoms with E-state index in [-0.39, 0.29) is 11.7 Å². The largest absolute Gasteiger partial charge is 0.277 e. The van der Waals surface area contributed by atoms with Gasteiger partial charge in [0.25, 0.3) is 0 Å². The topological polar surface area (TPSA) is 30.7 Å². The lowest BCUT2D eigenvalue weighted by Gasteiger charge is -2.09. The van der Waals surface area contributed by atoms with Gasteiger partial charge in [-0.25, -0.2) is 14.4 Å². The Balaban J connectivity index is 2.37. The molecule has 2 heterocycles. The third-order valence-electron chi connectivity index (χ3n) is 3.17. The normalized spacial score (nSPS) is 11.2. The van der Waals surface area contributed by atoms with Crippen LogP contribution in [-0.4, -0.2) is 14.5 Å². The van der Waals surface area contributed by atoms with E-state index in [1.165, 1.54) is 6.07 Å². The fraction of sp³-hybridized carbons (Fsp3) is 0.200. The number of imidazole rings is 1. The Kier molecular flexibility index (Phi) is 3.18. The lowest BCUT2D eigenvalue weighted by atomic mass is 10.2. The Hall–Kier alpha value is -1.94. The zero-order valence-electron chi connectivity index (χ0n) is 11.2. The van der Waals surface area contributed by atoms with Gasteiger partial charge in [-0.1, -0.05) is 6.07 Å². The van der Waals surface area contributed by atoms with E-state index in [2.05, 4.69) is 9.97 Å². The molecule has 0 aliphatic heterocycles. The summed E-state index contributed by atoms with van der Waals surface area (Å²) in [7, 11) is 0. The number of alkyl halides is 1. The van der Waals surface area contributed by atoms with Crippen LogP contribution in [0.3, 0.4) is 0 Å². The highest BCUT2D eigenvalue weighted by Crippen LogP contribution is 2.24. The molecule has 0 aliphatic carbocycles. The fourth-order valence-corrected chi connectivity index (χ4v) is 2.43. The van der Waals surface area contributed by atoms with E-state index < -0.39 is 0 Å². The van der Waals surface area contributed by atoms with Gasteiger partial charge in [-0.15, -0.1) is 11.6 Å². The second kappa shape index (κ2) is 4.87. The third kappa shape index (κ3) is 2.06. The molecule has 0 fully saturated rings. The standard InChI is InChI=1S/C15H13ClFN3/c1-9-3-4-11(17)13(6-9)20-14(7-16)19-12-5-10(2)8-18-15(12)20/h3-6,8H,7H2,1-2H3. The first-order valence-electron chi connectivity index (χ1n) is 6.26. The van der Waals surface area contributed by atoms with Crippen molar-refractivity contribution in [1.29, 1.82) is 0 Å². The van der Waals surface area contributed by atoms with E-state index in [0.717, 1.165) is 16.6 Å². The van der Waals surface area contributed by atoms with E-state index in [1.807, 2.05) is 19.9 Å². The van der Waals surface area contributed by atoms with Crippen molar-refractivity contribution in [2.24, 2.45) is 0 Å². The van der Waals surface area contributed by atoms with E-state index in [1.54, 1.807) is 22.9 Å². The Morgan fingerprint density at radius 2 is 2.00 bits per heavy atom. The minimum absolute atomic E-state index is 0.197. The van der Waals surface area contributed by atoms with Gasteiger partial charge in [0.1, 0.15) is 17.2 Å². The van der Waals surface area contributed by atoms with Crippen molar-refractivity contribution in [3.8, 4) is 5.69 Å². The van der Waals surface area contributed by atoms with E-state index in [4.69, 9.17) is 11.6 Å². The molecule has 2 aromatic heterocycles. The predicted octanol–water partition coefficient (Wildman–Crippen LogP) is 3.92. The fourth-order valence-electron chi connectivity index (χ4n) is 2.25. The van der Waals surface area contributed by atoms with E-state index >= 15 is 0 Å². The maximum Gasteiger partial charge on any atom is 0.164 e. The van der Waals surface area contributed by atoms with Crippen LogP contribution >= 0.6 is 11.6 Å². The summed E-state index contributed by atoms with van der Waals surface area (Å²) in [5.41, 5.74) is 3.75. The molecule has 0 saturated heterocycles. The van der Waals surface area contributed by atoms with Gasteiger partial charge in [0.15, 0.2) is 5.65 Å². The molecule has 3 nitrogen and oxygen atoms in total. The first-order valence-corrected chi connectivity index (χ1v) is 6.80. The monoisotopic (exact) mass is 289 g/mol. The number of pyridine rings is 1. The van der Waals surface area contributed by atoms with Crippen molar-refractivity contribution in [1.82, 2.24) is 14.5 Å². The quantitative estimate of drug-likeness (QED) is 0.670. The molecule has 3 rings (SSSR count). The molecule has 0 saturated carbocycles. The molecule has 0 amide bonds. The molecule has 0 N–H and O–H groups in total. The number of halogens is 2. The number of aromatic nitrogens is 3. The van der Waals surface area contributed by atoms with Gasteiger partial charge >= 0.3 is 0 Å². The second-order valence-corrected chi connectivity index (χ2v) is 5.07. The van der Waals surface area contributed by atoms with Crippen LogP contribution in [0.4, 0.5) is 4.39 Å². The Bertz CT molecular complexity index is 795. The smallest absolute Gasteiger partial charge is 0.164 e. The lowest BCUT2D eigenvalue weighted by Crippen LogP contribution is -2.03. The maximum atomic E-state index is 14.1. The maximum absolute atomic E-state index is 14.1. The minimum Gasteiger partial charge on any atom is -0.277 e. The first kappa shape index (κ1) is 13.1. The highest BCUT2D eigenvalue weighted by molar-refractivity contribution is 6.16. The van der Waals surface area contributed by atoms with Gasteiger partial charge < -0.3 is 0 Å². The van der Waals surface area contributed by atoms with Crippen LogP contribution in [0.1, 0.15) is 17.0 Å². The number of rotatable bonds is 2. The summed E-state index contributed by atoms with van der Waals surface area (Å²) in [6.07, 6.45) is 1.74. The van der Waals surface area contributed by atoms with Crippen LogP contribution in [0, 0.1) is 19.7 Å². The summed E-state index contributed by atoms with van der Waals surface area (Å²) in [5, 5.41) is 0. The molecule has 0 bridgehead atoms. The average Bonchev–Trinajstić information content (AvgIpc) is 2.78. The Labute approximate surface area is 121 Å².